The molecule has 0 bridgehead atoms. The van der Waals surface area contributed by atoms with E-state index in [1.165, 1.54) is 64.2 Å². The molecule has 4 N–H and O–H groups in total. The van der Waals surface area contributed by atoms with E-state index in [1.807, 2.05) is 0 Å². The third-order valence-corrected chi connectivity index (χ3v) is 5.79. The van der Waals surface area contributed by atoms with Crippen molar-refractivity contribution in [1.82, 2.24) is 0 Å². The Labute approximate surface area is 183 Å². The van der Waals surface area contributed by atoms with Crippen molar-refractivity contribution in [1.29, 1.82) is 0 Å². The number of ether oxygens (including phenoxy) is 2. The molecule has 1 heterocycles. The van der Waals surface area contributed by atoms with Gasteiger partial charge in [-0.3, -0.25) is 0 Å². The first kappa shape index (κ1) is 27.5. The van der Waals surface area contributed by atoms with Crippen LogP contribution in [0.3, 0.4) is 0 Å². The van der Waals surface area contributed by atoms with Gasteiger partial charge in [-0.15, -0.1) is 0 Å². The Hall–Kier alpha value is -0.500. The molecular weight excluding hydrogens is 384 g/mol. The average molecular weight is 431 g/mol. The molecule has 1 aliphatic rings. The maximum Gasteiger partial charge on any atom is 0.186 e. The van der Waals surface area contributed by atoms with Gasteiger partial charge in [0.1, 0.15) is 24.4 Å². The van der Waals surface area contributed by atoms with Gasteiger partial charge >= 0.3 is 0 Å². The molecule has 178 valence electrons. The van der Waals surface area contributed by atoms with Crippen molar-refractivity contribution in [2.75, 3.05) is 13.2 Å². The van der Waals surface area contributed by atoms with Crippen LogP contribution < -0.4 is 0 Å². The average Bonchev–Trinajstić information content (AvgIpc) is 2.75. The van der Waals surface area contributed by atoms with Crippen LogP contribution in [0.15, 0.2) is 12.2 Å². The summed E-state index contributed by atoms with van der Waals surface area (Å²) in [4.78, 5) is 0. The van der Waals surface area contributed by atoms with Crippen LogP contribution in [0.1, 0.15) is 96.8 Å². The minimum atomic E-state index is -1.38. The quantitative estimate of drug-likeness (QED) is 0.195. The van der Waals surface area contributed by atoms with Crippen molar-refractivity contribution in [2.24, 2.45) is 0 Å². The molecule has 1 aliphatic heterocycles. The van der Waals surface area contributed by atoms with Crippen LogP contribution in [-0.4, -0.2) is 64.3 Å². The number of allylic oxidation sites excluding steroid dienone is 2. The number of aliphatic hydroxyl groups is 4. The summed E-state index contributed by atoms with van der Waals surface area (Å²) >= 11 is 0. The van der Waals surface area contributed by atoms with Gasteiger partial charge < -0.3 is 29.9 Å². The van der Waals surface area contributed by atoms with E-state index in [1.54, 1.807) is 0 Å². The number of rotatable bonds is 18. The highest BCUT2D eigenvalue weighted by Gasteiger charge is 2.43. The lowest BCUT2D eigenvalue weighted by molar-refractivity contribution is -0.301. The van der Waals surface area contributed by atoms with Crippen molar-refractivity contribution in [3.05, 3.63) is 12.2 Å². The lowest BCUT2D eigenvalue weighted by Crippen LogP contribution is -2.59. The maximum atomic E-state index is 9.91. The summed E-state index contributed by atoms with van der Waals surface area (Å²) in [6, 6.07) is 0. The molecule has 0 aromatic rings. The van der Waals surface area contributed by atoms with Gasteiger partial charge in [-0.1, -0.05) is 76.9 Å². The molecule has 0 aliphatic carbocycles. The molecule has 6 heteroatoms. The van der Waals surface area contributed by atoms with Crippen LogP contribution >= 0.6 is 0 Å². The van der Waals surface area contributed by atoms with Crippen LogP contribution in [-0.2, 0) is 9.47 Å². The molecule has 0 spiro atoms. The fourth-order valence-corrected chi connectivity index (χ4v) is 3.75. The van der Waals surface area contributed by atoms with E-state index in [-0.39, 0.29) is 0 Å². The molecule has 0 aromatic heterocycles. The Morgan fingerprint density at radius 2 is 1.23 bits per heavy atom. The van der Waals surface area contributed by atoms with Gasteiger partial charge in [0.25, 0.3) is 0 Å². The predicted molar refractivity (Wildman–Crippen MR) is 119 cm³/mol. The van der Waals surface area contributed by atoms with E-state index in [2.05, 4.69) is 19.1 Å². The second-order valence-electron chi connectivity index (χ2n) is 8.51. The second kappa shape index (κ2) is 18.1. The molecule has 1 fully saturated rings. The molecule has 1 unspecified atom stereocenters. The number of hydrogen-bond acceptors (Lipinski definition) is 6. The molecule has 0 radical (unpaired) electrons. The Bertz CT molecular complexity index is 415. The van der Waals surface area contributed by atoms with Crippen LogP contribution in [0, 0.1) is 0 Å². The topological polar surface area (TPSA) is 99.4 Å². The number of aliphatic hydroxyl groups excluding tert-OH is 4. The van der Waals surface area contributed by atoms with Gasteiger partial charge in [-0.25, -0.2) is 0 Å². The molecule has 0 aromatic carbocycles. The Kier molecular flexibility index (Phi) is 16.6. The van der Waals surface area contributed by atoms with E-state index in [9.17, 15) is 15.3 Å². The van der Waals surface area contributed by atoms with E-state index in [0.29, 0.717) is 6.61 Å². The predicted octanol–water partition coefficient (Wildman–Crippen LogP) is 3.84. The smallest absolute Gasteiger partial charge is 0.186 e. The highest BCUT2D eigenvalue weighted by molar-refractivity contribution is 4.88. The summed E-state index contributed by atoms with van der Waals surface area (Å²) in [7, 11) is 0. The molecule has 1 rings (SSSR count). The molecule has 1 saturated heterocycles. The van der Waals surface area contributed by atoms with Crippen molar-refractivity contribution < 1.29 is 29.9 Å². The summed E-state index contributed by atoms with van der Waals surface area (Å²) in [6.07, 6.45) is 16.1. The number of hydrogen-bond donors (Lipinski definition) is 4. The first-order valence-electron chi connectivity index (χ1n) is 12.2. The third-order valence-electron chi connectivity index (χ3n) is 5.79. The Morgan fingerprint density at radius 1 is 0.700 bits per heavy atom. The standard InChI is InChI=1S/C24H46O6/c1-2-3-4-5-6-7-8-9-10-11-12-13-14-15-16-17-18-29-24-23(28)22(27)21(26)20(19-25)30-24/h12-13,20-28H,2-11,14-19H2,1H3/b13-12-/t20-,21-,22+,23-,24?/m1/s1. The fraction of sp³-hybridized carbons (Fsp3) is 0.917. The third kappa shape index (κ3) is 11.8. The van der Waals surface area contributed by atoms with Crippen molar-refractivity contribution in [3.63, 3.8) is 0 Å². The van der Waals surface area contributed by atoms with Gasteiger partial charge in [-0.05, 0) is 32.1 Å². The SMILES string of the molecule is CCCCCCCCCCC/C=C\CCCCCOC1O[C@H](CO)[C@@H](O)[C@H](O)[C@H]1O. The first-order valence-corrected chi connectivity index (χ1v) is 12.2. The molecule has 0 saturated carbocycles. The maximum absolute atomic E-state index is 9.91. The molecule has 5 atom stereocenters. The molecular formula is C24H46O6. The van der Waals surface area contributed by atoms with Crippen molar-refractivity contribution >= 4 is 0 Å². The molecule has 30 heavy (non-hydrogen) atoms. The van der Waals surface area contributed by atoms with Gasteiger partial charge in [0, 0.05) is 6.61 Å². The fourth-order valence-electron chi connectivity index (χ4n) is 3.75. The normalized spacial score (nSPS) is 27.2. The van der Waals surface area contributed by atoms with E-state index in [4.69, 9.17) is 14.6 Å². The lowest BCUT2D eigenvalue weighted by atomic mass is 9.99. The summed E-state index contributed by atoms with van der Waals surface area (Å²) < 4.78 is 10.8. The molecule has 6 nitrogen and oxygen atoms in total. The summed E-state index contributed by atoms with van der Waals surface area (Å²) in [5.41, 5.74) is 0. The molecule has 0 amide bonds. The Morgan fingerprint density at radius 3 is 1.80 bits per heavy atom. The van der Waals surface area contributed by atoms with E-state index < -0.39 is 37.3 Å². The van der Waals surface area contributed by atoms with Crippen LogP contribution in [0.25, 0.3) is 0 Å². The summed E-state index contributed by atoms with van der Waals surface area (Å²) in [5.74, 6) is 0. The zero-order valence-corrected chi connectivity index (χ0v) is 19.0. The Balaban J connectivity index is 1.91. The second-order valence-corrected chi connectivity index (χ2v) is 8.51. The van der Waals surface area contributed by atoms with Crippen molar-refractivity contribution in [2.45, 2.75) is 128 Å². The largest absolute Gasteiger partial charge is 0.394 e. The van der Waals surface area contributed by atoms with Crippen molar-refractivity contribution in [3.8, 4) is 0 Å². The van der Waals surface area contributed by atoms with Crippen LogP contribution in [0.2, 0.25) is 0 Å². The summed E-state index contributed by atoms with van der Waals surface area (Å²) in [5, 5.41) is 38.5. The zero-order valence-electron chi connectivity index (χ0n) is 19.0. The highest BCUT2D eigenvalue weighted by atomic mass is 16.7. The van der Waals surface area contributed by atoms with Crippen LogP contribution in [0.4, 0.5) is 0 Å². The minimum absolute atomic E-state index is 0.408. The lowest BCUT2D eigenvalue weighted by Gasteiger charge is -2.39. The van der Waals surface area contributed by atoms with Crippen LogP contribution in [0.5, 0.6) is 0 Å². The van der Waals surface area contributed by atoms with Gasteiger partial charge in [0.2, 0.25) is 0 Å². The van der Waals surface area contributed by atoms with Gasteiger partial charge in [0.05, 0.1) is 6.61 Å². The monoisotopic (exact) mass is 430 g/mol. The van der Waals surface area contributed by atoms with Gasteiger partial charge in [-0.2, -0.15) is 0 Å². The van der Waals surface area contributed by atoms with E-state index in [0.717, 1.165) is 25.7 Å². The number of unbranched alkanes of at least 4 members (excludes halogenated alkanes) is 12. The zero-order chi connectivity index (χ0) is 22.0. The summed E-state index contributed by atoms with van der Waals surface area (Å²) in [6.45, 7) is 2.23. The van der Waals surface area contributed by atoms with Gasteiger partial charge in [0.15, 0.2) is 6.29 Å². The van der Waals surface area contributed by atoms with E-state index >= 15 is 0 Å². The first-order chi connectivity index (χ1) is 14.6. The highest BCUT2D eigenvalue weighted by Crippen LogP contribution is 2.22. The minimum Gasteiger partial charge on any atom is -0.394 e.